The molecule has 146 valence electrons. The van der Waals surface area contributed by atoms with Gasteiger partial charge in [-0.05, 0) is 58.0 Å². The average molecular weight is 465 g/mol. The summed E-state index contributed by atoms with van der Waals surface area (Å²) in [7, 11) is 3.15. The SMILES string of the molecule is COc1ccc(NC(=S)Nc2nn(Cc3ccc(F)cc3)cc2Br)cc1OC. The molecule has 0 saturated heterocycles. The second kappa shape index (κ2) is 9.03. The Morgan fingerprint density at radius 1 is 1.11 bits per heavy atom. The minimum absolute atomic E-state index is 0.265. The third-order valence-electron chi connectivity index (χ3n) is 3.85. The van der Waals surface area contributed by atoms with Crippen molar-refractivity contribution in [2.45, 2.75) is 6.54 Å². The van der Waals surface area contributed by atoms with Gasteiger partial charge in [0.05, 0.1) is 25.2 Å². The number of anilines is 2. The van der Waals surface area contributed by atoms with Crippen molar-refractivity contribution in [3.63, 3.8) is 0 Å². The third kappa shape index (κ3) is 4.99. The van der Waals surface area contributed by atoms with Gasteiger partial charge in [0.15, 0.2) is 22.4 Å². The summed E-state index contributed by atoms with van der Waals surface area (Å²) >= 11 is 8.83. The highest BCUT2D eigenvalue weighted by molar-refractivity contribution is 9.10. The molecule has 3 rings (SSSR count). The molecule has 0 aliphatic rings. The maximum absolute atomic E-state index is 13.0. The zero-order valence-electron chi connectivity index (χ0n) is 15.2. The van der Waals surface area contributed by atoms with E-state index >= 15 is 0 Å². The van der Waals surface area contributed by atoms with E-state index in [9.17, 15) is 4.39 Å². The van der Waals surface area contributed by atoms with Gasteiger partial charge in [0.25, 0.3) is 0 Å². The first-order valence-electron chi connectivity index (χ1n) is 8.26. The highest BCUT2D eigenvalue weighted by Crippen LogP contribution is 2.30. The number of nitrogens with zero attached hydrogens (tertiary/aromatic N) is 2. The van der Waals surface area contributed by atoms with Crippen molar-refractivity contribution in [3.05, 3.63) is 64.5 Å². The van der Waals surface area contributed by atoms with E-state index in [-0.39, 0.29) is 5.82 Å². The molecule has 0 aliphatic heterocycles. The Morgan fingerprint density at radius 3 is 2.50 bits per heavy atom. The fourth-order valence-corrected chi connectivity index (χ4v) is 3.15. The summed E-state index contributed by atoms with van der Waals surface area (Å²) in [6.07, 6.45) is 1.82. The van der Waals surface area contributed by atoms with Crippen LogP contribution in [0.2, 0.25) is 0 Å². The largest absolute Gasteiger partial charge is 0.493 e. The molecule has 0 spiro atoms. The van der Waals surface area contributed by atoms with Crippen LogP contribution in [0.5, 0.6) is 11.5 Å². The minimum Gasteiger partial charge on any atom is -0.493 e. The highest BCUT2D eigenvalue weighted by Gasteiger charge is 2.10. The molecule has 1 aromatic heterocycles. The van der Waals surface area contributed by atoms with Gasteiger partial charge in [0, 0.05) is 18.0 Å². The summed E-state index contributed by atoms with van der Waals surface area (Å²) in [6.45, 7) is 0.510. The van der Waals surface area contributed by atoms with E-state index in [1.807, 2.05) is 12.3 Å². The molecular weight excluding hydrogens is 447 g/mol. The first-order valence-corrected chi connectivity index (χ1v) is 9.46. The maximum atomic E-state index is 13.0. The lowest BCUT2D eigenvalue weighted by molar-refractivity contribution is 0.355. The lowest BCUT2D eigenvalue weighted by Gasteiger charge is -2.12. The number of thiocarbonyl (C=S) groups is 1. The number of hydrogen-bond acceptors (Lipinski definition) is 4. The molecule has 2 N–H and O–H groups in total. The Bertz CT molecular complexity index is 979. The van der Waals surface area contributed by atoms with Gasteiger partial charge in [0.1, 0.15) is 5.82 Å². The van der Waals surface area contributed by atoms with Crippen LogP contribution in [0.4, 0.5) is 15.9 Å². The van der Waals surface area contributed by atoms with Crippen molar-refractivity contribution in [2.75, 3.05) is 24.9 Å². The summed E-state index contributed by atoms with van der Waals surface area (Å²) in [6, 6.07) is 11.7. The van der Waals surface area contributed by atoms with Crippen molar-refractivity contribution in [1.29, 1.82) is 0 Å². The fraction of sp³-hybridized carbons (Fsp3) is 0.158. The molecule has 1 heterocycles. The van der Waals surface area contributed by atoms with Crippen LogP contribution in [0, 0.1) is 5.82 Å². The summed E-state index contributed by atoms with van der Waals surface area (Å²) < 4.78 is 26.0. The topological polar surface area (TPSA) is 60.3 Å². The number of aromatic nitrogens is 2. The standard InChI is InChI=1S/C19H18BrFN4O2S/c1-26-16-8-7-14(9-17(16)27-2)22-19(28)23-18-15(20)11-25(24-18)10-12-3-5-13(21)6-4-12/h3-9,11H,10H2,1-2H3,(H2,22,23,24,28). The Hall–Kier alpha value is -2.65. The van der Waals surface area contributed by atoms with Crippen LogP contribution in [-0.4, -0.2) is 29.1 Å². The zero-order valence-corrected chi connectivity index (χ0v) is 17.6. The van der Waals surface area contributed by atoms with Crippen LogP contribution in [0.1, 0.15) is 5.56 Å². The lowest BCUT2D eigenvalue weighted by Crippen LogP contribution is -2.19. The summed E-state index contributed by atoms with van der Waals surface area (Å²) in [5.74, 6) is 1.54. The molecule has 0 radical (unpaired) electrons. The van der Waals surface area contributed by atoms with Crippen molar-refractivity contribution < 1.29 is 13.9 Å². The molecule has 0 fully saturated rings. The first-order chi connectivity index (χ1) is 13.5. The summed E-state index contributed by atoms with van der Waals surface area (Å²) in [5.41, 5.74) is 1.69. The van der Waals surface area contributed by atoms with E-state index in [4.69, 9.17) is 21.7 Å². The van der Waals surface area contributed by atoms with E-state index in [2.05, 4.69) is 31.7 Å². The highest BCUT2D eigenvalue weighted by atomic mass is 79.9. The van der Waals surface area contributed by atoms with Crippen LogP contribution in [0.15, 0.2) is 53.1 Å². The van der Waals surface area contributed by atoms with E-state index in [0.717, 1.165) is 15.7 Å². The van der Waals surface area contributed by atoms with Gasteiger partial charge in [-0.2, -0.15) is 5.10 Å². The van der Waals surface area contributed by atoms with Crippen LogP contribution in [-0.2, 0) is 6.54 Å². The van der Waals surface area contributed by atoms with Crippen molar-refractivity contribution in [1.82, 2.24) is 9.78 Å². The number of hydrogen-bond donors (Lipinski definition) is 2. The molecule has 0 saturated carbocycles. The normalized spacial score (nSPS) is 10.4. The van der Waals surface area contributed by atoms with Gasteiger partial charge < -0.3 is 20.1 Å². The Morgan fingerprint density at radius 2 is 1.82 bits per heavy atom. The van der Waals surface area contributed by atoms with Gasteiger partial charge >= 0.3 is 0 Å². The third-order valence-corrected chi connectivity index (χ3v) is 4.63. The van der Waals surface area contributed by atoms with Crippen molar-refractivity contribution >= 4 is 44.8 Å². The first kappa shape index (κ1) is 20.1. The smallest absolute Gasteiger partial charge is 0.176 e. The lowest BCUT2D eigenvalue weighted by atomic mass is 10.2. The molecule has 6 nitrogen and oxygen atoms in total. The van der Waals surface area contributed by atoms with Crippen molar-refractivity contribution in [3.8, 4) is 11.5 Å². The average Bonchev–Trinajstić information content (AvgIpc) is 3.02. The fourth-order valence-electron chi connectivity index (χ4n) is 2.52. The molecule has 0 atom stereocenters. The van der Waals surface area contributed by atoms with Gasteiger partial charge in [-0.1, -0.05) is 12.1 Å². The molecule has 9 heteroatoms. The maximum Gasteiger partial charge on any atom is 0.176 e. The van der Waals surface area contributed by atoms with Crippen LogP contribution in [0.3, 0.4) is 0 Å². The molecule has 28 heavy (non-hydrogen) atoms. The van der Waals surface area contributed by atoms with Gasteiger partial charge in [-0.25, -0.2) is 4.39 Å². The molecular formula is C19H18BrFN4O2S. The molecule has 0 aliphatic carbocycles. The quantitative estimate of drug-likeness (QED) is 0.517. The number of ether oxygens (including phenoxy) is 2. The van der Waals surface area contributed by atoms with Crippen LogP contribution < -0.4 is 20.1 Å². The Kier molecular flexibility index (Phi) is 6.48. The number of halogens is 2. The molecule has 2 aromatic carbocycles. The second-order valence-electron chi connectivity index (χ2n) is 5.80. The molecule has 0 amide bonds. The van der Waals surface area contributed by atoms with Gasteiger partial charge in [-0.15, -0.1) is 0 Å². The Labute approximate surface area is 175 Å². The van der Waals surface area contributed by atoms with E-state index in [1.165, 1.54) is 12.1 Å². The van der Waals surface area contributed by atoms with E-state index in [1.54, 1.807) is 43.2 Å². The number of rotatable bonds is 6. The summed E-state index contributed by atoms with van der Waals surface area (Å²) in [4.78, 5) is 0. The molecule has 0 bridgehead atoms. The zero-order chi connectivity index (χ0) is 20.1. The number of benzene rings is 2. The number of nitrogens with one attached hydrogen (secondary N) is 2. The van der Waals surface area contributed by atoms with Crippen LogP contribution in [0.25, 0.3) is 0 Å². The molecule has 0 unspecified atom stereocenters. The van der Waals surface area contributed by atoms with Crippen molar-refractivity contribution in [2.24, 2.45) is 0 Å². The Balaban J connectivity index is 1.65. The number of methoxy groups -OCH3 is 2. The van der Waals surface area contributed by atoms with Gasteiger partial charge in [0.2, 0.25) is 0 Å². The predicted octanol–water partition coefficient (Wildman–Crippen LogP) is 4.66. The van der Waals surface area contributed by atoms with Crippen LogP contribution >= 0.6 is 28.1 Å². The monoisotopic (exact) mass is 464 g/mol. The minimum atomic E-state index is -0.265. The van der Waals surface area contributed by atoms with E-state index < -0.39 is 0 Å². The van der Waals surface area contributed by atoms with Gasteiger partial charge in [-0.3, -0.25) is 4.68 Å². The molecule has 3 aromatic rings. The summed E-state index contributed by atoms with van der Waals surface area (Å²) in [5, 5.41) is 11.0. The predicted molar refractivity (Wildman–Crippen MR) is 115 cm³/mol. The second-order valence-corrected chi connectivity index (χ2v) is 7.06. The van der Waals surface area contributed by atoms with E-state index in [0.29, 0.717) is 29.0 Å².